The largest absolute Gasteiger partial charge is 0.472 e. The van der Waals surface area contributed by atoms with Crippen LogP contribution in [0.4, 0.5) is 0 Å². The lowest BCUT2D eigenvalue weighted by Crippen LogP contribution is -2.28. The molecule has 0 aliphatic heterocycles. The minimum absolute atomic E-state index is 0.0809. The van der Waals surface area contributed by atoms with E-state index >= 15 is 0 Å². The molecule has 0 amide bonds. The Morgan fingerprint density at radius 1 is 0.536 bits per heavy atom. The Labute approximate surface area is 342 Å². The van der Waals surface area contributed by atoms with E-state index in [1.54, 1.807) is 0 Å². The molecule has 0 saturated carbocycles. The van der Waals surface area contributed by atoms with Gasteiger partial charge in [0.1, 0.15) is 6.10 Å². The third kappa shape index (κ3) is 42.3. The van der Waals surface area contributed by atoms with Crippen LogP contribution in [0.3, 0.4) is 0 Å². The van der Waals surface area contributed by atoms with E-state index in [-0.39, 0.29) is 38.8 Å². The Morgan fingerprint density at radius 3 is 1.39 bits per heavy atom. The second kappa shape index (κ2) is 43.3. The number of rotatable bonds is 39. The zero-order chi connectivity index (χ0) is 40.9. The van der Waals surface area contributed by atoms with Crippen LogP contribution in [-0.2, 0) is 27.9 Å². The summed E-state index contributed by atoms with van der Waals surface area (Å²) in [5.74, 6) is -0.369. The van der Waals surface area contributed by atoms with E-state index in [0.717, 1.165) is 122 Å². The van der Waals surface area contributed by atoms with E-state index in [9.17, 15) is 14.3 Å². The van der Waals surface area contributed by atoms with Crippen LogP contribution in [-0.4, -0.2) is 49.9 Å². The molecule has 0 aromatic rings. The van der Waals surface area contributed by atoms with E-state index in [2.05, 4.69) is 123 Å². The van der Waals surface area contributed by atoms with Crippen LogP contribution in [0.5, 0.6) is 0 Å². The normalized spacial score (nSPS) is 14.6. The predicted octanol–water partition coefficient (Wildman–Crippen LogP) is 12.9. The van der Waals surface area contributed by atoms with Crippen LogP contribution >= 0.6 is 7.82 Å². The molecule has 56 heavy (non-hydrogen) atoms. The third-order valence-corrected chi connectivity index (χ3v) is 9.17. The highest BCUT2D eigenvalue weighted by atomic mass is 31.2. The van der Waals surface area contributed by atoms with Crippen molar-refractivity contribution in [2.75, 3.05) is 33.0 Å². The molecule has 0 fully saturated rings. The molecule has 9 heteroatoms. The summed E-state index contributed by atoms with van der Waals surface area (Å²) in [7, 11) is -4.30. The van der Waals surface area contributed by atoms with Gasteiger partial charge in [-0.05, 0) is 96.3 Å². The molecular weight excluding hydrogens is 721 g/mol. The van der Waals surface area contributed by atoms with Crippen LogP contribution in [0.1, 0.15) is 142 Å². The summed E-state index contributed by atoms with van der Waals surface area (Å²) in [6.07, 6.45) is 58.2. The number of carbonyl (C=O) groups excluding carboxylic acids is 1. The standard InChI is InChI=1S/C47H78NO7P/c1-3-5-7-9-11-13-15-17-19-21-22-23-25-27-29-31-33-35-37-39-42-52-44-46(45-54-56(50,51)53-43-41-48)55-47(49)40-38-36-34-32-30-28-26-24-20-18-16-14-12-10-8-6-4-2/h5-8,11-14,17-20,22-23,26-29,46H,3-4,9-10,15-16,21,24-25,30-45,48H2,1-2H3,(H,50,51)/b7-5-,8-6-,13-11-,14-12-,19-17-,20-18-,23-22-,28-26-,29-27-. The van der Waals surface area contributed by atoms with Crippen molar-refractivity contribution in [1.29, 1.82) is 0 Å². The molecule has 8 nitrogen and oxygen atoms in total. The van der Waals surface area contributed by atoms with Gasteiger partial charge >= 0.3 is 13.8 Å². The first-order valence-electron chi connectivity index (χ1n) is 21.4. The summed E-state index contributed by atoms with van der Waals surface area (Å²) >= 11 is 0. The Hall–Kier alpha value is -2.84. The quantitative estimate of drug-likeness (QED) is 0.0273. The van der Waals surface area contributed by atoms with Crippen molar-refractivity contribution in [3.05, 3.63) is 109 Å². The zero-order valence-electron chi connectivity index (χ0n) is 35.1. The Balaban J connectivity index is 4.18. The molecular formula is C47H78NO7P. The van der Waals surface area contributed by atoms with Crippen molar-refractivity contribution < 1.29 is 32.8 Å². The van der Waals surface area contributed by atoms with Gasteiger partial charge in [-0.1, -0.05) is 149 Å². The van der Waals surface area contributed by atoms with Gasteiger partial charge in [0.25, 0.3) is 0 Å². The smallest absolute Gasteiger partial charge is 0.457 e. The molecule has 0 saturated heterocycles. The highest BCUT2D eigenvalue weighted by Gasteiger charge is 2.25. The summed E-state index contributed by atoms with van der Waals surface area (Å²) in [6, 6.07) is 0. The lowest BCUT2D eigenvalue weighted by molar-refractivity contribution is -0.154. The van der Waals surface area contributed by atoms with Crippen LogP contribution < -0.4 is 5.73 Å². The number of hydrogen-bond donors (Lipinski definition) is 2. The van der Waals surface area contributed by atoms with Crippen molar-refractivity contribution in [2.45, 2.75) is 148 Å². The number of ether oxygens (including phenoxy) is 2. The summed E-state index contributed by atoms with van der Waals surface area (Å²) in [5, 5.41) is 0. The van der Waals surface area contributed by atoms with Crippen molar-refractivity contribution in [3.63, 3.8) is 0 Å². The lowest BCUT2D eigenvalue weighted by Gasteiger charge is -2.20. The van der Waals surface area contributed by atoms with E-state index in [1.807, 2.05) is 0 Å². The number of phosphoric ester groups is 1. The Kier molecular flexibility index (Phi) is 41.1. The topological polar surface area (TPSA) is 117 Å². The van der Waals surface area contributed by atoms with E-state index in [4.69, 9.17) is 24.3 Å². The highest BCUT2D eigenvalue weighted by molar-refractivity contribution is 7.47. The number of allylic oxidation sites excluding steroid dienone is 18. The van der Waals surface area contributed by atoms with Gasteiger partial charge in [0, 0.05) is 19.6 Å². The maximum atomic E-state index is 12.6. The molecule has 0 bridgehead atoms. The van der Waals surface area contributed by atoms with Gasteiger partial charge in [0.15, 0.2) is 0 Å². The number of hydrogen-bond acceptors (Lipinski definition) is 7. The summed E-state index contributed by atoms with van der Waals surface area (Å²) in [5.41, 5.74) is 5.36. The first-order chi connectivity index (χ1) is 27.4. The van der Waals surface area contributed by atoms with Gasteiger partial charge in [-0.15, -0.1) is 0 Å². The monoisotopic (exact) mass is 800 g/mol. The summed E-state index contributed by atoms with van der Waals surface area (Å²) in [4.78, 5) is 22.5. The molecule has 0 aromatic heterocycles. The molecule has 0 rings (SSSR count). The van der Waals surface area contributed by atoms with Gasteiger partial charge in [0.05, 0.1) is 19.8 Å². The fourth-order valence-electron chi connectivity index (χ4n) is 5.13. The lowest BCUT2D eigenvalue weighted by atomic mass is 10.1. The fourth-order valence-corrected chi connectivity index (χ4v) is 5.89. The molecule has 2 unspecified atom stereocenters. The van der Waals surface area contributed by atoms with Gasteiger partial charge in [0.2, 0.25) is 0 Å². The molecule has 0 aliphatic rings. The SMILES string of the molecule is CC/C=C\C/C=C\C/C=C\C/C=C\C/C=C\CCCCCCOCC(COP(=O)(O)OCCN)OC(=O)CCCCCC/C=C\C/C=C\C/C=C\C/C=C\CC. The van der Waals surface area contributed by atoms with Gasteiger partial charge in [-0.2, -0.15) is 0 Å². The Morgan fingerprint density at radius 2 is 0.946 bits per heavy atom. The fraction of sp³-hybridized carbons (Fsp3) is 0.596. The summed E-state index contributed by atoms with van der Waals surface area (Å²) in [6.45, 7) is 4.56. The van der Waals surface area contributed by atoms with E-state index in [0.29, 0.717) is 6.61 Å². The number of unbranched alkanes of at least 4 members (excludes halogenated alkanes) is 8. The highest BCUT2D eigenvalue weighted by Crippen LogP contribution is 2.43. The minimum Gasteiger partial charge on any atom is -0.457 e. The first kappa shape index (κ1) is 53.2. The molecule has 0 spiro atoms. The van der Waals surface area contributed by atoms with Crippen molar-refractivity contribution in [1.82, 2.24) is 0 Å². The molecule has 0 aromatic carbocycles. The van der Waals surface area contributed by atoms with Crippen molar-refractivity contribution >= 4 is 13.8 Å². The molecule has 318 valence electrons. The van der Waals surface area contributed by atoms with Crippen LogP contribution in [0.25, 0.3) is 0 Å². The van der Waals surface area contributed by atoms with Gasteiger partial charge in [-0.25, -0.2) is 4.57 Å². The van der Waals surface area contributed by atoms with E-state index < -0.39 is 13.9 Å². The zero-order valence-corrected chi connectivity index (χ0v) is 36.0. The molecule has 2 atom stereocenters. The average molecular weight is 800 g/mol. The van der Waals surface area contributed by atoms with Gasteiger partial charge in [-0.3, -0.25) is 13.8 Å². The second-order valence-corrected chi connectivity index (χ2v) is 14.9. The van der Waals surface area contributed by atoms with Crippen LogP contribution in [0.15, 0.2) is 109 Å². The second-order valence-electron chi connectivity index (χ2n) is 13.4. The molecule has 0 radical (unpaired) electrons. The predicted molar refractivity (Wildman–Crippen MR) is 237 cm³/mol. The number of nitrogens with two attached hydrogens (primary N) is 1. The van der Waals surface area contributed by atoms with E-state index in [1.165, 1.54) is 0 Å². The molecule has 0 aliphatic carbocycles. The summed E-state index contributed by atoms with van der Waals surface area (Å²) < 4.78 is 33.4. The van der Waals surface area contributed by atoms with Crippen molar-refractivity contribution in [2.24, 2.45) is 5.73 Å². The number of carbonyl (C=O) groups is 1. The maximum Gasteiger partial charge on any atom is 0.472 e. The number of esters is 1. The van der Waals surface area contributed by atoms with Crippen LogP contribution in [0.2, 0.25) is 0 Å². The third-order valence-electron chi connectivity index (χ3n) is 8.19. The number of phosphoric acid groups is 1. The van der Waals surface area contributed by atoms with Gasteiger partial charge < -0.3 is 20.1 Å². The molecule has 3 N–H and O–H groups in total. The average Bonchev–Trinajstić information content (AvgIpc) is 3.19. The Bertz CT molecular complexity index is 1210. The molecule has 0 heterocycles. The first-order valence-corrected chi connectivity index (χ1v) is 22.9. The van der Waals surface area contributed by atoms with Crippen molar-refractivity contribution in [3.8, 4) is 0 Å². The minimum atomic E-state index is -4.30. The maximum absolute atomic E-state index is 12.6. The van der Waals surface area contributed by atoms with Crippen LogP contribution in [0, 0.1) is 0 Å².